The van der Waals surface area contributed by atoms with Crippen LogP contribution in [0.25, 0.3) is 0 Å². The zero-order valence-corrected chi connectivity index (χ0v) is 15.4. The van der Waals surface area contributed by atoms with E-state index in [2.05, 4.69) is 49.2 Å². The van der Waals surface area contributed by atoms with Crippen LogP contribution in [0, 0.1) is 6.92 Å². The van der Waals surface area contributed by atoms with Crippen LogP contribution in [-0.4, -0.2) is 31.6 Å². The monoisotopic (exact) mass is 341 g/mol. The van der Waals surface area contributed by atoms with E-state index in [9.17, 15) is 0 Å². The number of ether oxygens (including phenoxy) is 1. The number of hydrogen-bond acceptors (Lipinski definition) is 2. The van der Waals surface area contributed by atoms with Crippen molar-refractivity contribution in [3.8, 4) is 5.75 Å². The van der Waals surface area contributed by atoms with Crippen LogP contribution in [0.4, 0.5) is 0 Å². The summed E-state index contributed by atoms with van der Waals surface area (Å²) in [6, 6.07) is 11.6. The molecule has 0 amide bonds. The summed E-state index contributed by atoms with van der Waals surface area (Å²) in [5.74, 6) is 1.20. The van der Waals surface area contributed by atoms with E-state index in [1.165, 1.54) is 40.7 Å². The highest BCUT2D eigenvalue weighted by Crippen LogP contribution is 2.45. The Hall–Kier alpha value is -1.51. The molecule has 0 saturated carbocycles. The van der Waals surface area contributed by atoms with Crippen LogP contribution in [0.3, 0.4) is 0 Å². The zero-order chi connectivity index (χ0) is 16.8. The van der Waals surface area contributed by atoms with Gasteiger partial charge < -0.3 is 9.64 Å². The van der Waals surface area contributed by atoms with E-state index in [4.69, 9.17) is 16.3 Å². The van der Waals surface area contributed by atoms with Crippen LogP contribution >= 0.6 is 11.6 Å². The maximum Gasteiger partial charge on any atom is 0.137 e. The molecule has 1 heterocycles. The van der Waals surface area contributed by atoms with Gasteiger partial charge in [-0.2, -0.15) is 0 Å². The lowest BCUT2D eigenvalue weighted by Gasteiger charge is -2.38. The summed E-state index contributed by atoms with van der Waals surface area (Å²) in [6.07, 6.45) is 3.43. The fraction of sp³-hybridized carbons (Fsp3) is 0.429. The van der Waals surface area contributed by atoms with Gasteiger partial charge in [-0.15, -0.1) is 0 Å². The van der Waals surface area contributed by atoms with Crippen LogP contribution in [0.2, 0.25) is 5.02 Å². The molecule has 1 aliphatic carbocycles. The molecule has 0 N–H and O–H groups in total. The minimum Gasteiger partial charge on any atom is -0.495 e. The van der Waals surface area contributed by atoms with Gasteiger partial charge >= 0.3 is 0 Å². The lowest BCUT2D eigenvalue weighted by atomic mass is 9.73. The molecule has 0 aromatic heterocycles. The molecule has 126 valence electrons. The summed E-state index contributed by atoms with van der Waals surface area (Å²) in [5, 5.41) is 0.720. The Morgan fingerprint density at radius 3 is 2.79 bits per heavy atom. The van der Waals surface area contributed by atoms with Crippen molar-refractivity contribution >= 4 is 11.6 Å². The molecule has 2 aliphatic rings. The van der Waals surface area contributed by atoms with Crippen LogP contribution in [0.15, 0.2) is 30.3 Å². The number of halogens is 1. The maximum absolute atomic E-state index is 6.41. The highest BCUT2D eigenvalue weighted by atomic mass is 35.5. The molecule has 1 aliphatic heterocycles. The lowest BCUT2D eigenvalue weighted by molar-refractivity contribution is 0.214. The van der Waals surface area contributed by atoms with Gasteiger partial charge in [0, 0.05) is 18.5 Å². The summed E-state index contributed by atoms with van der Waals surface area (Å²) in [4.78, 5) is 2.54. The Morgan fingerprint density at radius 1 is 1.17 bits per heavy atom. The minimum atomic E-state index is 0.405. The number of hydrogen-bond donors (Lipinski definition) is 0. The predicted octanol–water partition coefficient (Wildman–Crippen LogP) is 4.59. The Labute approximate surface area is 149 Å². The van der Waals surface area contributed by atoms with Crippen LogP contribution < -0.4 is 4.74 Å². The molecule has 0 radical (unpaired) electrons. The molecule has 4 rings (SSSR count). The maximum atomic E-state index is 6.41. The van der Waals surface area contributed by atoms with Crippen molar-refractivity contribution in [1.82, 2.24) is 4.90 Å². The third-order valence-electron chi connectivity index (χ3n) is 5.91. The highest BCUT2D eigenvalue weighted by Gasteiger charge is 2.37. The van der Waals surface area contributed by atoms with Gasteiger partial charge in [0.05, 0.1) is 12.1 Å². The first-order valence-corrected chi connectivity index (χ1v) is 9.13. The second-order valence-corrected chi connectivity index (χ2v) is 7.55. The van der Waals surface area contributed by atoms with Gasteiger partial charge in [-0.1, -0.05) is 29.8 Å². The Kier molecular flexibility index (Phi) is 4.06. The van der Waals surface area contributed by atoms with E-state index >= 15 is 0 Å². The number of fused-ring (bicyclic) bond motifs is 5. The van der Waals surface area contributed by atoms with E-state index in [0.29, 0.717) is 12.0 Å². The van der Waals surface area contributed by atoms with Crippen LogP contribution in [-0.2, 0) is 12.8 Å². The topological polar surface area (TPSA) is 12.5 Å². The molecule has 2 aromatic carbocycles. The Balaban J connectivity index is 1.95. The molecule has 0 spiro atoms. The van der Waals surface area contributed by atoms with Gasteiger partial charge in [0.15, 0.2) is 0 Å². The fourth-order valence-electron chi connectivity index (χ4n) is 4.61. The van der Waals surface area contributed by atoms with Crippen molar-refractivity contribution in [3.63, 3.8) is 0 Å². The van der Waals surface area contributed by atoms with Crippen molar-refractivity contribution in [2.75, 3.05) is 20.7 Å². The molecule has 0 saturated heterocycles. The van der Waals surface area contributed by atoms with Crippen LogP contribution in [0.5, 0.6) is 5.75 Å². The number of rotatable bonds is 1. The summed E-state index contributed by atoms with van der Waals surface area (Å²) < 4.78 is 5.52. The molecule has 24 heavy (non-hydrogen) atoms. The molecule has 0 bridgehead atoms. The molecular weight excluding hydrogens is 318 g/mol. The van der Waals surface area contributed by atoms with Crippen molar-refractivity contribution in [1.29, 1.82) is 0 Å². The average molecular weight is 342 g/mol. The van der Waals surface area contributed by atoms with Gasteiger partial charge in [0.1, 0.15) is 5.75 Å². The summed E-state index contributed by atoms with van der Waals surface area (Å²) in [5.41, 5.74) is 7.21. The highest BCUT2D eigenvalue weighted by molar-refractivity contribution is 6.32. The Bertz CT molecular complexity index is 786. The summed E-state index contributed by atoms with van der Waals surface area (Å²) in [7, 11) is 3.97. The van der Waals surface area contributed by atoms with Crippen molar-refractivity contribution < 1.29 is 4.74 Å². The van der Waals surface area contributed by atoms with Crippen molar-refractivity contribution in [3.05, 3.63) is 63.2 Å². The van der Waals surface area contributed by atoms with E-state index in [1.54, 1.807) is 7.11 Å². The van der Waals surface area contributed by atoms with Crippen LogP contribution in [0.1, 0.15) is 40.2 Å². The quantitative estimate of drug-likeness (QED) is 0.752. The Morgan fingerprint density at radius 2 is 2.00 bits per heavy atom. The number of aryl methyl sites for hydroxylation is 1. The predicted molar refractivity (Wildman–Crippen MR) is 99.5 cm³/mol. The largest absolute Gasteiger partial charge is 0.495 e. The molecule has 0 unspecified atom stereocenters. The minimum absolute atomic E-state index is 0.405. The first-order chi connectivity index (χ1) is 11.6. The molecular formula is C21H24ClNO. The molecule has 3 heteroatoms. The number of benzene rings is 2. The number of nitrogens with zero attached hydrogens (tertiary/aromatic N) is 1. The second-order valence-electron chi connectivity index (χ2n) is 7.14. The SMILES string of the molecule is COc1cc2c(cc1Cl)CCN(C)[C@H]1CCc3c(C)cccc3[C@H]21. The normalized spacial score (nSPS) is 23.0. The van der Waals surface area contributed by atoms with E-state index in [-0.39, 0.29) is 0 Å². The van der Waals surface area contributed by atoms with Gasteiger partial charge in [-0.3, -0.25) is 0 Å². The standard InChI is InChI=1S/C21H24ClNO/c1-13-5-4-6-16-15(13)7-8-19-21(16)17-12-20(24-3)18(22)11-14(17)9-10-23(19)2/h4-6,11-12,19,21H,7-10H2,1-3H3/t19-,21+/m0/s1. The van der Waals surface area contributed by atoms with Crippen molar-refractivity contribution in [2.24, 2.45) is 0 Å². The molecule has 0 fully saturated rings. The molecule has 2 aromatic rings. The number of likely N-dealkylation sites (N-methyl/N-ethyl adjacent to an activating group) is 1. The fourth-order valence-corrected chi connectivity index (χ4v) is 4.87. The van der Waals surface area contributed by atoms with Gasteiger partial charge in [0.2, 0.25) is 0 Å². The number of methoxy groups -OCH3 is 1. The van der Waals surface area contributed by atoms with Gasteiger partial charge in [-0.25, -0.2) is 0 Å². The smallest absolute Gasteiger partial charge is 0.137 e. The summed E-state index contributed by atoms with van der Waals surface area (Å²) in [6.45, 7) is 3.32. The molecule has 2 nitrogen and oxygen atoms in total. The first-order valence-electron chi connectivity index (χ1n) is 8.75. The third-order valence-corrected chi connectivity index (χ3v) is 6.20. The zero-order valence-electron chi connectivity index (χ0n) is 14.6. The van der Waals surface area contributed by atoms with E-state index in [1.807, 2.05) is 0 Å². The van der Waals surface area contributed by atoms with E-state index in [0.717, 1.165) is 23.7 Å². The second kappa shape index (κ2) is 6.09. The van der Waals surface area contributed by atoms with Gasteiger partial charge in [-0.05, 0) is 73.2 Å². The van der Waals surface area contributed by atoms with Gasteiger partial charge in [0.25, 0.3) is 0 Å². The third kappa shape index (κ3) is 2.44. The van der Waals surface area contributed by atoms with E-state index < -0.39 is 0 Å². The summed E-state index contributed by atoms with van der Waals surface area (Å²) >= 11 is 6.41. The van der Waals surface area contributed by atoms with Crippen molar-refractivity contribution in [2.45, 2.75) is 38.1 Å². The molecule has 2 atom stereocenters. The first kappa shape index (κ1) is 16.0. The average Bonchev–Trinajstić information content (AvgIpc) is 2.72. The lowest BCUT2D eigenvalue weighted by Crippen LogP contribution is -2.39.